The lowest BCUT2D eigenvalue weighted by molar-refractivity contribution is -0.137. The number of fused-ring (bicyclic) bond motifs is 1. The SMILES string of the molecule is C[C@@H](c1ccc(C(F)(F)F)cc1)n1nc(CO)c2c(=O)[nH]c(N3CCC3)nc21. The van der Waals surface area contributed by atoms with Crippen molar-refractivity contribution in [1.29, 1.82) is 0 Å². The largest absolute Gasteiger partial charge is 0.416 e. The molecule has 1 atom stereocenters. The summed E-state index contributed by atoms with van der Waals surface area (Å²) in [6, 6.07) is 4.29. The highest BCUT2D eigenvalue weighted by Crippen LogP contribution is 2.31. The van der Waals surface area contributed by atoms with Crippen LogP contribution in [0.1, 0.15) is 36.2 Å². The van der Waals surface area contributed by atoms with Crippen molar-refractivity contribution in [3.8, 4) is 0 Å². The topological polar surface area (TPSA) is 87.0 Å². The molecule has 0 radical (unpaired) electrons. The first-order valence-electron chi connectivity index (χ1n) is 8.84. The van der Waals surface area contributed by atoms with Gasteiger partial charge in [0.2, 0.25) is 5.95 Å². The first-order chi connectivity index (χ1) is 13.3. The van der Waals surface area contributed by atoms with Gasteiger partial charge in [-0.05, 0) is 31.0 Å². The molecule has 0 aliphatic carbocycles. The van der Waals surface area contributed by atoms with Crippen molar-refractivity contribution in [1.82, 2.24) is 19.7 Å². The summed E-state index contributed by atoms with van der Waals surface area (Å²) in [4.78, 5) is 21.7. The number of H-pyrrole nitrogens is 1. The summed E-state index contributed by atoms with van der Waals surface area (Å²) in [5.41, 5.74) is -0.0875. The first kappa shape index (κ1) is 18.5. The van der Waals surface area contributed by atoms with Gasteiger partial charge in [0.25, 0.3) is 5.56 Å². The number of nitrogens with zero attached hydrogens (tertiary/aromatic N) is 4. The second kappa shape index (κ2) is 6.62. The molecule has 2 aromatic heterocycles. The molecule has 148 valence electrons. The van der Waals surface area contributed by atoms with Crippen LogP contribution in [-0.4, -0.2) is 37.9 Å². The third kappa shape index (κ3) is 3.03. The Morgan fingerprint density at radius 3 is 2.46 bits per heavy atom. The zero-order valence-electron chi connectivity index (χ0n) is 15.0. The maximum atomic E-state index is 12.8. The lowest BCUT2D eigenvalue weighted by Crippen LogP contribution is -2.39. The molecule has 28 heavy (non-hydrogen) atoms. The second-order valence-electron chi connectivity index (χ2n) is 6.77. The highest BCUT2D eigenvalue weighted by atomic mass is 19.4. The standard InChI is InChI=1S/C18H18F3N5O2/c1-10(11-3-5-12(6-4-11)18(19,20)21)26-15-14(13(9-27)24-26)16(28)23-17(22-15)25-7-2-8-25/h3-6,10,27H,2,7-9H2,1H3,(H,22,23,28)/t10-/m0/s1. The van der Waals surface area contributed by atoms with Crippen LogP contribution in [0.2, 0.25) is 0 Å². The van der Waals surface area contributed by atoms with E-state index in [2.05, 4.69) is 15.1 Å². The highest BCUT2D eigenvalue weighted by Gasteiger charge is 2.30. The Hall–Kier alpha value is -2.88. The van der Waals surface area contributed by atoms with Gasteiger partial charge in [-0.3, -0.25) is 9.78 Å². The number of rotatable bonds is 4. The molecule has 1 saturated heterocycles. The van der Waals surface area contributed by atoms with Gasteiger partial charge in [0.15, 0.2) is 5.65 Å². The summed E-state index contributed by atoms with van der Waals surface area (Å²) in [6.45, 7) is 2.87. The van der Waals surface area contributed by atoms with Gasteiger partial charge in [-0.1, -0.05) is 12.1 Å². The number of aliphatic hydroxyl groups is 1. The quantitative estimate of drug-likeness (QED) is 0.711. The minimum atomic E-state index is -4.41. The van der Waals surface area contributed by atoms with E-state index >= 15 is 0 Å². The Morgan fingerprint density at radius 2 is 1.93 bits per heavy atom. The van der Waals surface area contributed by atoms with Crippen LogP contribution in [0, 0.1) is 0 Å². The second-order valence-corrected chi connectivity index (χ2v) is 6.77. The maximum absolute atomic E-state index is 12.8. The molecule has 0 unspecified atom stereocenters. The third-order valence-electron chi connectivity index (χ3n) is 5.01. The number of aromatic amines is 1. The van der Waals surface area contributed by atoms with Gasteiger partial charge in [-0.15, -0.1) is 0 Å². The molecule has 10 heteroatoms. The normalized spacial score (nSPS) is 15.7. The highest BCUT2D eigenvalue weighted by molar-refractivity contribution is 5.78. The van der Waals surface area contributed by atoms with Crippen molar-refractivity contribution >= 4 is 17.0 Å². The van der Waals surface area contributed by atoms with Gasteiger partial charge in [-0.2, -0.15) is 23.3 Å². The van der Waals surface area contributed by atoms with Crippen molar-refractivity contribution in [3.63, 3.8) is 0 Å². The Kier molecular flexibility index (Phi) is 4.37. The van der Waals surface area contributed by atoms with E-state index < -0.39 is 29.9 Å². The minimum Gasteiger partial charge on any atom is -0.390 e. The van der Waals surface area contributed by atoms with E-state index in [0.717, 1.165) is 31.6 Å². The molecular formula is C18H18F3N5O2. The summed E-state index contributed by atoms with van der Waals surface area (Å²) in [7, 11) is 0. The van der Waals surface area contributed by atoms with Crippen LogP contribution >= 0.6 is 0 Å². The van der Waals surface area contributed by atoms with E-state index in [9.17, 15) is 23.1 Å². The van der Waals surface area contributed by atoms with Crippen molar-refractivity contribution in [2.75, 3.05) is 18.0 Å². The number of anilines is 1. The molecule has 3 aromatic rings. The van der Waals surface area contributed by atoms with Gasteiger partial charge >= 0.3 is 6.18 Å². The van der Waals surface area contributed by atoms with Crippen molar-refractivity contribution in [2.24, 2.45) is 0 Å². The van der Waals surface area contributed by atoms with Crippen LogP contribution in [0.25, 0.3) is 11.0 Å². The third-order valence-corrected chi connectivity index (χ3v) is 5.01. The van der Waals surface area contributed by atoms with E-state index in [0.29, 0.717) is 17.2 Å². The Balaban J connectivity index is 1.80. The molecule has 0 spiro atoms. The molecular weight excluding hydrogens is 375 g/mol. The Bertz CT molecular complexity index is 1070. The monoisotopic (exact) mass is 393 g/mol. The van der Waals surface area contributed by atoms with Crippen LogP contribution in [0.3, 0.4) is 0 Å². The van der Waals surface area contributed by atoms with Gasteiger partial charge < -0.3 is 10.0 Å². The number of hydrogen-bond donors (Lipinski definition) is 2. The summed E-state index contributed by atoms with van der Waals surface area (Å²) >= 11 is 0. The number of aliphatic hydroxyl groups excluding tert-OH is 1. The average Bonchev–Trinajstić information content (AvgIpc) is 2.98. The smallest absolute Gasteiger partial charge is 0.390 e. The summed E-state index contributed by atoms with van der Waals surface area (Å²) in [5.74, 6) is 0.425. The van der Waals surface area contributed by atoms with E-state index in [-0.39, 0.29) is 11.1 Å². The number of aromatic nitrogens is 4. The fourth-order valence-electron chi connectivity index (χ4n) is 3.25. The molecule has 2 N–H and O–H groups in total. The number of nitrogens with one attached hydrogen (secondary N) is 1. The lowest BCUT2D eigenvalue weighted by atomic mass is 10.1. The Morgan fingerprint density at radius 1 is 1.25 bits per heavy atom. The fourth-order valence-corrected chi connectivity index (χ4v) is 3.25. The predicted octanol–water partition coefficient (Wildman–Crippen LogP) is 2.45. The first-order valence-corrected chi connectivity index (χ1v) is 8.84. The van der Waals surface area contributed by atoms with E-state index in [1.807, 2.05) is 4.90 Å². The van der Waals surface area contributed by atoms with Gasteiger partial charge in [0.05, 0.1) is 18.2 Å². The van der Waals surface area contributed by atoms with Crippen LogP contribution < -0.4 is 10.5 Å². The average molecular weight is 393 g/mol. The zero-order valence-corrected chi connectivity index (χ0v) is 15.0. The number of halogens is 3. The molecule has 7 nitrogen and oxygen atoms in total. The van der Waals surface area contributed by atoms with E-state index in [1.165, 1.54) is 16.8 Å². The molecule has 0 saturated carbocycles. The van der Waals surface area contributed by atoms with Crippen LogP contribution in [0.5, 0.6) is 0 Å². The summed E-state index contributed by atoms with van der Waals surface area (Å²) in [5, 5.41) is 14.1. The number of hydrogen-bond acceptors (Lipinski definition) is 5. The Labute approximate surface area is 157 Å². The van der Waals surface area contributed by atoms with Crippen LogP contribution in [0.15, 0.2) is 29.1 Å². The zero-order chi connectivity index (χ0) is 20.1. The molecule has 3 heterocycles. The van der Waals surface area contributed by atoms with E-state index in [4.69, 9.17) is 0 Å². The molecule has 4 rings (SSSR count). The molecule has 1 aromatic carbocycles. The maximum Gasteiger partial charge on any atom is 0.416 e. The van der Waals surface area contributed by atoms with Gasteiger partial charge in [-0.25, -0.2) is 4.68 Å². The number of benzene rings is 1. The molecule has 0 bridgehead atoms. The van der Waals surface area contributed by atoms with Crippen molar-refractivity contribution in [3.05, 3.63) is 51.4 Å². The van der Waals surface area contributed by atoms with Crippen molar-refractivity contribution in [2.45, 2.75) is 32.2 Å². The minimum absolute atomic E-state index is 0.178. The predicted molar refractivity (Wildman–Crippen MR) is 96.2 cm³/mol. The summed E-state index contributed by atoms with van der Waals surface area (Å²) < 4.78 is 39.9. The fraction of sp³-hybridized carbons (Fsp3) is 0.389. The van der Waals surface area contributed by atoms with Crippen LogP contribution in [0.4, 0.5) is 19.1 Å². The molecule has 1 aliphatic heterocycles. The van der Waals surface area contributed by atoms with Crippen LogP contribution in [-0.2, 0) is 12.8 Å². The molecule has 0 amide bonds. The molecule has 1 aliphatic rings. The molecule has 1 fully saturated rings. The van der Waals surface area contributed by atoms with Crippen molar-refractivity contribution < 1.29 is 18.3 Å². The lowest BCUT2D eigenvalue weighted by Gasteiger charge is -2.31. The van der Waals surface area contributed by atoms with Gasteiger partial charge in [0.1, 0.15) is 11.1 Å². The van der Waals surface area contributed by atoms with Gasteiger partial charge in [0, 0.05) is 13.1 Å². The number of alkyl halides is 3. The summed E-state index contributed by atoms with van der Waals surface area (Å²) in [6.07, 6.45) is -3.41. The van der Waals surface area contributed by atoms with E-state index in [1.54, 1.807) is 6.92 Å².